The standard InChI is InChI=1S/C33H33Cl2N9O4/c1-5-30-41-33(43(46)47)27(42(30)2)18-44(3,4)13-7-10-31(45)40-29-16-24-26(17-36-29)37-20-38-32(24)39-23-11-12-28(25(35)15-23)48-19-21-8-6-9-22(34)14-21/h6-12,14-17,20H,5,13,18-19H2,1-4H3,(H-,36,37,38,39,40,45)/p+1/b10-7+. The van der Waals surface area contributed by atoms with Gasteiger partial charge in [0.05, 0.1) is 37.4 Å². The Kier molecular flexibility index (Phi) is 10.5. The smallest absolute Gasteiger partial charge is 0.391 e. The van der Waals surface area contributed by atoms with Gasteiger partial charge in [-0.2, -0.15) is 0 Å². The SMILES string of the molecule is CCc1nc([N+](=O)[O-])c(C[N+](C)(C)C/C=C/C(=O)Nc2cc3c(Nc4ccc(OCc5cccc(Cl)c5)c(Cl)c4)ncnc3cn2)n1C. The Morgan fingerprint density at radius 1 is 1.12 bits per heavy atom. The van der Waals surface area contributed by atoms with Gasteiger partial charge in [0.1, 0.15) is 36.9 Å². The van der Waals surface area contributed by atoms with E-state index in [-0.39, 0.29) is 11.7 Å². The van der Waals surface area contributed by atoms with Crippen molar-refractivity contribution in [2.45, 2.75) is 26.5 Å². The summed E-state index contributed by atoms with van der Waals surface area (Å²) < 4.78 is 8.02. The summed E-state index contributed by atoms with van der Waals surface area (Å²) in [5.41, 5.74) is 2.70. The molecule has 48 heavy (non-hydrogen) atoms. The molecule has 0 atom stereocenters. The van der Waals surface area contributed by atoms with Crippen LogP contribution < -0.4 is 15.4 Å². The molecule has 13 nitrogen and oxygen atoms in total. The van der Waals surface area contributed by atoms with Gasteiger partial charge in [-0.1, -0.05) is 42.3 Å². The van der Waals surface area contributed by atoms with Crippen LogP contribution in [0.5, 0.6) is 5.75 Å². The van der Waals surface area contributed by atoms with Crippen molar-refractivity contribution in [2.24, 2.45) is 7.05 Å². The molecule has 3 heterocycles. The number of ether oxygens (including phenoxy) is 1. The Bertz CT molecular complexity index is 2010. The van der Waals surface area contributed by atoms with Gasteiger partial charge in [0, 0.05) is 35.6 Å². The topological polar surface area (TPSA) is 150 Å². The number of hydrogen-bond acceptors (Lipinski definition) is 9. The number of imidazole rings is 1. The number of amides is 1. The highest BCUT2D eigenvalue weighted by Gasteiger charge is 2.30. The Labute approximate surface area is 287 Å². The average molecular weight is 692 g/mol. The van der Waals surface area contributed by atoms with Crippen molar-refractivity contribution in [3.63, 3.8) is 0 Å². The summed E-state index contributed by atoms with van der Waals surface area (Å²) in [5.74, 6) is 1.45. The lowest BCUT2D eigenvalue weighted by Gasteiger charge is -2.28. The van der Waals surface area contributed by atoms with Gasteiger partial charge >= 0.3 is 5.82 Å². The Hall–Kier alpha value is -5.11. The van der Waals surface area contributed by atoms with Crippen molar-refractivity contribution in [3.8, 4) is 5.75 Å². The quantitative estimate of drug-likeness (QED) is 0.0600. The molecule has 0 saturated heterocycles. The normalized spacial score (nSPS) is 11.6. The van der Waals surface area contributed by atoms with E-state index in [1.807, 2.05) is 45.3 Å². The van der Waals surface area contributed by atoms with Crippen LogP contribution in [0.1, 0.15) is 24.0 Å². The molecule has 15 heteroatoms. The van der Waals surface area contributed by atoms with E-state index >= 15 is 0 Å². The molecular weight excluding hydrogens is 657 g/mol. The first-order valence-corrected chi connectivity index (χ1v) is 15.7. The van der Waals surface area contributed by atoms with E-state index in [1.54, 1.807) is 48.2 Å². The van der Waals surface area contributed by atoms with E-state index in [2.05, 4.69) is 30.6 Å². The number of anilines is 3. The number of aromatic nitrogens is 5. The predicted octanol–water partition coefficient (Wildman–Crippen LogP) is 6.63. The van der Waals surface area contributed by atoms with Gasteiger partial charge < -0.3 is 34.5 Å². The molecule has 2 N–H and O–H groups in total. The number of nitro groups is 1. The Morgan fingerprint density at radius 3 is 2.67 bits per heavy atom. The lowest BCUT2D eigenvalue weighted by atomic mass is 10.2. The molecule has 1 amide bonds. The summed E-state index contributed by atoms with van der Waals surface area (Å²) in [6.07, 6.45) is 6.69. The molecule has 0 fully saturated rings. The molecule has 3 aromatic heterocycles. The Morgan fingerprint density at radius 2 is 1.94 bits per heavy atom. The van der Waals surface area contributed by atoms with E-state index in [9.17, 15) is 14.9 Å². The van der Waals surface area contributed by atoms with E-state index in [0.717, 1.165) is 5.56 Å². The number of pyridine rings is 1. The number of rotatable bonds is 13. The minimum absolute atomic E-state index is 0.137. The molecule has 0 radical (unpaired) electrons. The lowest BCUT2D eigenvalue weighted by Crippen LogP contribution is -2.39. The van der Waals surface area contributed by atoms with Crippen molar-refractivity contribution >= 4 is 63.2 Å². The fraction of sp³-hybridized carbons (Fsp3) is 0.242. The summed E-state index contributed by atoms with van der Waals surface area (Å²) in [6.45, 7) is 3.02. The predicted molar refractivity (Wildman–Crippen MR) is 186 cm³/mol. The number of nitrogens with zero attached hydrogens (tertiary/aromatic N) is 7. The van der Waals surface area contributed by atoms with E-state index in [0.29, 0.717) is 86.1 Å². The molecule has 0 spiro atoms. The summed E-state index contributed by atoms with van der Waals surface area (Å²) in [6, 6.07) is 14.4. The first-order chi connectivity index (χ1) is 22.9. The van der Waals surface area contributed by atoms with Crippen LogP contribution in [-0.4, -0.2) is 60.5 Å². The highest BCUT2D eigenvalue weighted by Crippen LogP contribution is 2.31. The second-order valence-corrected chi connectivity index (χ2v) is 12.5. The molecule has 0 aliphatic rings. The molecule has 0 saturated carbocycles. The van der Waals surface area contributed by atoms with Crippen molar-refractivity contribution in [3.05, 3.63) is 110 Å². The number of nitrogens with one attached hydrogen (secondary N) is 2. The largest absolute Gasteiger partial charge is 0.487 e. The summed E-state index contributed by atoms with van der Waals surface area (Å²) >= 11 is 12.6. The van der Waals surface area contributed by atoms with E-state index < -0.39 is 4.92 Å². The number of aryl methyl sites for hydroxylation is 1. The summed E-state index contributed by atoms with van der Waals surface area (Å²) in [5, 5.41) is 19.3. The number of halogens is 2. The summed E-state index contributed by atoms with van der Waals surface area (Å²) in [4.78, 5) is 41.1. The highest BCUT2D eigenvalue weighted by atomic mass is 35.5. The number of carbonyl (C=O) groups is 1. The fourth-order valence-corrected chi connectivity index (χ4v) is 5.48. The van der Waals surface area contributed by atoms with Gasteiger partial charge in [0.2, 0.25) is 11.7 Å². The molecular formula is C33H34Cl2N9O4+. The van der Waals surface area contributed by atoms with E-state index in [1.165, 1.54) is 12.4 Å². The fourth-order valence-electron chi connectivity index (χ4n) is 5.04. The molecule has 0 unspecified atom stereocenters. The molecule has 0 aliphatic heterocycles. The number of hydrogen-bond donors (Lipinski definition) is 2. The third-order valence-electron chi connectivity index (χ3n) is 7.47. The van der Waals surface area contributed by atoms with Gasteiger partial charge in [-0.05, 0) is 57.9 Å². The highest BCUT2D eigenvalue weighted by molar-refractivity contribution is 6.32. The van der Waals surface area contributed by atoms with Gasteiger partial charge in [0.15, 0.2) is 5.69 Å². The number of likely N-dealkylation sites (N-methyl/N-ethyl adjacent to an activating group) is 1. The van der Waals surface area contributed by atoms with Crippen LogP contribution in [0.3, 0.4) is 0 Å². The molecule has 2 aromatic carbocycles. The molecule has 0 bridgehead atoms. The van der Waals surface area contributed by atoms with Gasteiger partial charge in [-0.15, -0.1) is 0 Å². The number of quaternary nitrogens is 1. The first-order valence-electron chi connectivity index (χ1n) is 15.0. The summed E-state index contributed by atoms with van der Waals surface area (Å²) in [7, 11) is 5.64. The van der Waals surface area contributed by atoms with Gasteiger partial charge in [-0.25, -0.2) is 15.0 Å². The zero-order valence-corrected chi connectivity index (χ0v) is 28.3. The zero-order chi connectivity index (χ0) is 34.4. The monoisotopic (exact) mass is 690 g/mol. The number of carbonyl (C=O) groups excluding carboxylic acids is 1. The third-order valence-corrected chi connectivity index (χ3v) is 8.00. The second kappa shape index (κ2) is 14.8. The minimum Gasteiger partial charge on any atom is -0.487 e. The maximum Gasteiger partial charge on any atom is 0.391 e. The third kappa shape index (κ3) is 8.42. The van der Waals surface area contributed by atoms with Crippen molar-refractivity contribution in [2.75, 3.05) is 31.3 Å². The van der Waals surface area contributed by atoms with Crippen LogP contribution in [0.15, 0.2) is 73.2 Å². The van der Waals surface area contributed by atoms with Gasteiger partial charge in [0.25, 0.3) is 0 Å². The van der Waals surface area contributed by atoms with Crippen LogP contribution in [0.2, 0.25) is 10.0 Å². The maximum absolute atomic E-state index is 12.8. The van der Waals surface area contributed by atoms with Crippen molar-refractivity contribution in [1.82, 2.24) is 24.5 Å². The number of fused-ring (bicyclic) bond motifs is 1. The number of benzene rings is 2. The molecule has 248 valence electrons. The average Bonchev–Trinajstić information content (AvgIpc) is 3.35. The van der Waals surface area contributed by atoms with Crippen LogP contribution in [0.25, 0.3) is 10.9 Å². The van der Waals surface area contributed by atoms with Crippen LogP contribution in [0.4, 0.5) is 23.1 Å². The van der Waals surface area contributed by atoms with Crippen LogP contribution in [0, 0.1) is 10.1 Å². The second-order valence-electron chi connectivity index (χ2n) is 11.6. The van der Waals surface area contributed by atoms with E-state index in [4.69, 9.17) is 27.9 Å². The van der Waals surface area contributed by atoms with Crippen molar-refractivity contribution < 1.29 is 18.9 Å². The van der Waals surface area contributed by atoms with Crippen molar-refractivity contribution in [1.29, 1.82) is 0 Å². The zero-order valence-electron chi connectivity index (χ0n) is 26.8. The molecule has 5 aromatic rings. The molecule has 5 rings (SSSR count). The Balaban J connectivity index is 1.23. The van der Waals surface area contributed by atoms with Crippen LogP contribution >= 0.6 is 23.2 Å². The minimum atomic E-state index is -0.453. The molecule has 0 aliphatic carbocycles. The van der Waals surface area contributed by atoms with Gasteiger partial charge in [-0.3, -0.25) is 4.79 Å². The first kappa shape index (κ1) is 34.2. The lowest BCUT2D eigenvalue weighted by molar-refractivity contribution is -0.898. The van der Waals surface area contributed by atoms with Crippen LogP contribution in [-0.2, 0) is 31.4 Å². The maximum atomic E-state index is 12.8.